The van der Waals surface area contributed by atoms with Crippen molar-refractivity contribution in [2.45, 2.75) is 6.92 Å². The Bertz CT molecular complexity index is 338. The topological polar surface area (TPSA) is 0 Å². The van der Waals surface area contributed by atoms with E-state index < -0.39 is 0 Å². The molecule has 0 heterocycles. The lowest BCUT2D eigenvalue weighted by Gasteiger charge is -2.00. The molecule has 0 spiro atoms. The molecule has 0 saturated carbocycles. The van der Waals surface area contributed by atoms with Crippen molar-refractivity contribution >= 4 is 57.3 Å². The maximum Gasteiger partial charge on any atom is 0.0136 e. The predicted octanol–water partition coefficient (Wildman–Crippen LogP) is 4.73. The molecule has 1 aromatic rings. The van der Waals surface area contributed by atoms with Crippen molar-refractivity contribution < 1.29 is 0 Å². The molecule has 0 nitrogen and oxygen atoms in total. The van der Waals surface area contributed by atoms with Crippen LogP contribution in [0.1, 0.15) is 18.1 Å². The van der Waals surface area contributed by atoms with Crippen molar-refractivity contribution in [2.75, 3.05) is 0 Å². The molecular weight excluding hydrogens is 386 g/mol. The minimum Gasteiger partial charge on any atom is -0.0870 e. The molecule has 0 saturated heterocycles. The molecule has 0 aromatic heterocycles. The molecule has 0 aliphatic carbocycles. The Morgan fingerprint density at radius 3 is 2.54 bits per heavy atom. The van der Waals surface area contributed by atoms with E-state index in [1.165, 1.54) is 14.7 Å². The summed E-state index contributed by atoms with van der Waals surface area (Å²) in [6.07, 6.45) is 6.32. The molecule has 0 unspecified atom stereocenters. The van der Waals surface area contributed by atoms with E-state index in [1.807, 2.05) is 11.0 Å². The molecule has 1 rings (SSSR count). The number of hydrogen-bond acceptors (Lipinski definition) is 0. The summed E-state index contributed by atoms with van der Waals surface area (Å²) in [5.74, 6) is 0. The molecule has 13 heavy (non-hydrogen) atoms. The van der Waals surface area contributed by atoms with E-state index in [4.69, 9.17) is 0 Å². The van der Waals surface area contributed by atoms with Crippen LogP contribution in [0.4, 0.5) is 0 Å². The van der Waals surface area contributed by atoms with Crippen molar-refractivity contribution in [1.82, 2.24) is 0 Å². The Morgan fingerprint density at radius 2 is 1.92 bits per heavy atom. The van der Waals surface area contributed by atoms with Gasteiger partial charge < -0.3 is 0 Å². The summed E-state index contributed by atoms with van der Waals surface area (Å²) in [5, 5.41) is 0. The Balaban J connectivity index is 3.18. The summed E-state index contributed by atoms with van der Waals surface area (Å²) in [7, 11) is 0. The van der Waals surface area contributed by atoms with Crippen LogP contribution in [-0.2, 0) is 0 Å². The first-order chi connectivity index (χ1) is 6.27. The highest BCUT2D eigenvalue weighted by molar-refractivity contribution is 14.1. The zero-order chi connectivity index (χ0) is 9.68. The van der Waals surface area contributed by atoms with Crippen LogP contribution in [0.25, 0.3) is 12.2 Å². The Morgan fingerprint density at radius 1 is 1.15 bits per heavy atom. The third kappa shape index (κ3) is 3.42. The van der Waals surface area contributed by atoms with Crippen LogP contribution in [0.15, 0.2) is 28.4 Å². The van der Waals surface area contributed by atoms with Gasteiger partial charge in [-0.15, -0.1) is 0 Å². The van der Waals surface area contributed by atoms with Gasteiger partial charge in [-0.05, 0) is 62.9 Å². The molecule has 2 heteroatoms. The lowest BCUT2D eigenvalue weighted by molar-refractivity contribution is 1.56. The van der Waals surface area contributed by atoms with Crippen molar-refractivity contribution in [3.05, 3.63) is 43.1 Å². The lowest BCUT2D eigenvalue weighted by Crippen LogP contribution is -1.81. The second-order valence-corrected chi connectivity index (χ2v) is 4.53. The van der Waals surface area contributed by atoms with Crippen molar-refractivity contribution in [3.63, 3.8) is 0 Å². The molecule has 68 valence electrons. The molecule has 0 aliphatic rings. The molecule has 0 fully saturated rings. The van der Waals surface area contributed by atoms with Gasteiger partial charge in [-0.2, -0.15) is 0 Å². The maximum absolute atomic E-state index is 2.33. The smallest absolute Gasteiger partial charge is 0.0136 e. The van der Waals surface area contributed by atoms with Gasteiger partial charge in [0.1, 0.15) is 0 Å². The molecule has 0 radical (unpaired) electrons. The molecule has 0 N–H and O–H groups in total. The highest BCUT2D eigenvalue weighted by Crippen LogP contribution is 2.17. The lowest BCUT2D eigenvalue weighted by atomic mass is 10.1. The van der Waals surface area contributed by atoms with E-state index in [9.17, 15) is 0 Å². The molecule has 0 bridgehead atoms. The number of benzene rings is 1. The van der Waals surface area contributed by atoms with Crippen LogP contribution in [0, 0.1) is 3.57 Å². The monoisotopic (exact) mass is 396 g/mol. The predicted molar refractivity (Wildman–Crippen MR) is 76.9 cm³/mol. The Labute approximate surface area is 106 Å². The number of allylic oxidation sites excluding steroid dienone is 1. The fourth-order valence-corrected chi connectivity index (χ4v) is 1.99. The number of hydrogen-bond donors (Lipinski definition) is 0. The van der Waals surface area contributed by atoms with Crippen LogP contribution in [-0.4, -0.2) is 0 Å². The first-order valence-corrected chi connectivity index (χ1v) is 6.29. The molecule has 0 atom stereocenters. The van der Waals surface area contributed by atoms with Gasteiger partial charge in [0.2, 0.25) is 0 Å². The minimum atomic E-state index is 1.27. The van der Waals surface area contributed by atoms with Gasteiger partial charge in [-0.3, -0.25) is 0 Å². The fourth-order valence-electron chi connectivity index (χ4n) is 1.09. The second-order valence-electron chi connectivity index (χ2n) is 2.57. The molecule has 1 aromatic carbocycles. The highest BCUT2D eigenvalue weighted by Gasteiger charge is 1.95. The number of halogens is 2. The second kappa shape index (κ2) is 5.80. The van der Waals surface area contributed by atoms with Crippen LogP contribution >= 0.6 is 45.2 Å². The average molecular weight is 396 g/mol. The van der Waals surface area contributed by atoms with Crippen molar-refractivity contribution in [2.24, 2.45) is 0 Å². The summed E-state index contributed by atoms with van der Waals surface area (Å²) < 4.78 is 3.31. The SMILES string of the molecule is C/C=C\c1cc(I)ccc1/C=C/I. The van der Waals surface area contributed by atoms with Crippen molar-refractivity contribution in [3.8, 4) is 0 Å². The van der Waals surface area contributed by atoms with Gasteiger partial charge in [0.15, 0.2) is 0 Å². The fraction of sp³-hybridized carbons (Fsp3) is 0.0909. The standard InChI is InChI=1S/C11H10I2/c1-2-3-10-8-11(13)5-4-9(10)6-7-12/h2-8H,1H3/b3-2-,7-6+. The quantitative estimate of drug-likeness (QED) is 0.635. The van der Waals surface area contributed by atoms with E-state index in [-0.39, 0.29) is 0 Å². The van der Waals surface area contributed by atoms with Crippen LogP contribution in [0.5, 0.6) is 0 Å². The van der Waals surface area contributed by atoms with Gasteiger partial charge in [0, 0.05) is 3.57 Å². The largest absolute Gasteiger partial charge is 0.0870 e. The number of rotatable bonds is 2. The minimum absolute atomic E-state index is 1.27. The van der Waals surface area contributed by atoms with E-state index in [2.05, 4.69) is 81.6 Å². The molecular formula is C11H10I2. The maximum atomic E-state index is 2.33. The van der Waals surface area contributed by atoms with E-state index in [0.29, 0.717) is 0 Å². The van der Waals surface area contributed by atoms with Crippen LogP contribution in [0.3, 0.4) is 0 Å². The zero-order valence-electron chi connectivity index (χ0n) is 7.30. The van der Waals surface area contributed by atoms with Crippen LogP contribution < -0.4 is 0 Å². The third-order valence-corrected chi connectivity index (χ3v) is 2.67. The van der Waals surface area contributed by atoms with E-state index >= 15 is 0 Å². The normalized spacial score (nSPS) is 11.6. The van der Waals surface area contributed by atoms with E-state index in [1.54, 1.807) is 0 Å². The summed E-state index contributed by atoms with van der Waals surface area (Å²) in [5.41, 5.74) is 2.55. The highest BCUT2D eigenvalue weighted by atomic mass is 127. The first kappa shape index (κ1) is 11.2. The van der Waals surface area contributed by atoms with Gasteiger partial charge >= 0.3 is 0 Å². The summed E-state index contributed by atoms with van der Waals surface area (Å²) in [6, 6.07) is 6.46. The summed E-state index contributed by atoms with van der Waals surface area (Å²) in [4.78, 5) is 0. The third-order valence-electron chi connectivity index (χ3n) is 1.64. The van der Waals surface area contributed by atoms with Crippen LogP contribution in [0.2, 0.25) is 0 Å². The Hall–Kier alpha value is 0.160. The average Bonchev–Trinajstić information content (AvgIpc) is 2.10. The van der Waals surface area contributed by atoms with Crippen molar-refractivity contribution in [1.29, 1.82) is 0 Å². The van der Waals surface area contributed by atoms with Gasteiger partial charge in [0.05, 0.1) is 0 Å². The molecule has 0 amide bonds. The van der Waals surface area contributed by atoms with Gasteiger partial charge in [0.25, 0.3) is 0 Å². The van der Waals surface area contributed by atoms with Gasteiger partial charge in [-0.25, -0.2) is 0 Å². The van der Waals surface area contributed by atoms with E-state index in [0.717, 1.165) is 0 Å². The summed E-state index contributed by atoms with van der Waals surface area (Å²) >= 11 is 4.57. The summed E-state index contributed by atoms with van der Waals surface area (Å²) in [6.45, 7) is 2.04. The molecule has 0 aliphatic heterocycles. The van der Waals surface area contributed by atoms with Gasteiger partial charge in [-0.1, -0.05) is 40.8 Å². The zero-order valence-corrected chi connectivity index (χ0v) is 11.6. The Kier molecular flexibility index (Phi) is 5.01. The first-order valence-electron chi connectivity index (χ1n) is 3.97.